The van der Waals surface area contributed by atoms with Gasteiger partial charge in [0.2, 0.25) is 0 Å². The van der Waals surface area contributed by atoms with Gasteiger partial charge in [0.15, 0.2) is 6.23 Å². The van der Waals surface area contributed by atoms with Crippen molar-refractivity contribution in [2.24, 2.45) is 0 Å². The first kappa shape index (κ1) is 31.2. The van der Waals surface area contributed by atoms with E-state index in [9.17, 15) is 33.0 Å². The van der Waals surface area contributed by atoms with Gasteiger partial charge in [-0.2, -0.15) is 13.2 Å². The fraction of sp³-hybridized carbons (Fsp3) is 0.188. The molecule has 0 bridgehead atoms. The molecule has 5 rings (SSSR count). The number of hydrogen-bond acceptors (Lipinski definition) is 4. The van der Waals surface area contributed by atoms with Gasteiger partial charge in [-0.25, -0.2) is 4.79 Å². The molecule has 0 saturated carbocycles. The summed E-state index contributed by atoms with van der Waals surface area (Å²) in [5.41, 5.74) is 0.636. The van der Waals surface area contributed by atoms with Crippen molar-refractivity contribution in [2.75, 3.05) is 7.05 Å². The van der Waals surface area contributed by atoms with Gasteiger partial charge in [0.05, 0.1) is 26.8 Å². The van der Waals surface area contributed by atoms with E-state index in [1.54, 1.807) is 53.1 Å². The number of aliphatic hydroxyl groups is 1. The lowest BCUT2D eigenvalue weighted by Crippen LogP contribution is -2.43. The number of allylic oxidation sites excluding steroid dienone is 3. The summed E-state index contributed by atoms with van der Waals surface area (Å²) in [4.78, 5) is 27.2. The molecule has 1 aliphatic heterocycles. The smallest absolute Gasteiger partial charge is 0.416 e. The number of alkyl halides is 3. The predicted molar refractivity (Wildman–Crippen MR) is 163 cm³/mol. The van der Waals surface area contributed by atoms with Crippen molar-refractivity contribution >= 4 is 51.6 Å². The van der Waals surface area contributed by atoms with Gasteiger partial charge in [-0.05, 0) is 48.4 Å². The molecule has 3 aromatic carbocycles. The average Bonchev–Trinajstić information content (AvgIpc) is 3.35. The number of para-hydroxylation sites is 2. The maximum absolute atomic E-state index is 13.8. The number of nitrogens with one attached hydrogen (secondary N) is 1. The minimum absolute atomic E-state index is 0.105. The number of carbonyl (C=O) groups excluding carboxylic acids is 1. The maximum Gasteiger partial charge on any atom is 0.416 e. The second kappa shape index (κ2) is 12.0. The Morgan fingerprint density at radius 3 is 2.25 bits per heavy atom. The Kier molecular flexibility index (Phi) is 8.53. The van der Waals surface area contributed by atoms with Crippen molar-refractivity contribution in [3.63, 3.8) is 0 Å². The lowest BCUT2D eigenvalue weighted by molar-refractivity contribution is -0.139. The van der Waals surface area contributed by atoms with Crippen LogP contribution in [-0.2, 0) is 11.2 Å². The average molecular weight is 644 g/mol. The molecule has 1 aromatic heterocycles. The van der Waals surface area contributed by atoms with Crippen molar-refractivity contribution in [2.45, 2.75) is 31.8 Å². The van der Waals surface area contributed by atoms with E-state index in [2.05, 4.69) is 5.32 Å². The third-order valence-corrected chi connectivity index (χ3v) is 8.15. The van der Waals surface area contributed by atoms with Crippen molar-refractivity contribution in [3.8, 4) is 5.69 Å². The number of aliphatic hydroxyl groups excluding tert-OH is 1. The predicted octanol–water partition coefficient (Wildman–Crippen LogP) is 6.85. The zero-order valence-electron chi connectivity index (χ0n) is 23.4. The number of carboxylic acids is 1. The Labute approximate surface area is 260 Å². The van der Waals surface area contributed by atoms with Crippen LogP contribution in [0.2, 0.25) is 10.0 Å². The van der Waals surface area contributed by atoms with Gasteiger partial charge in [-0.15, -0.1) is 0 Å². The van der Waals surface area contributed by atoms with Crippen LogP contribution in [0.1, 0.15) is 28.5 Å². The molecule has 44 heavy (non-hydrogen) atoms. The normalized spacial score (nSPS) is 16.2. The Hall–Kier alpha value is -4.25. The maximum atomic E-state index is 13.8. The van der Waals surface area contributed by atoms with Crippen LogP contribution < -0.4 is 5.32 Å². The molecule has 4 aromatic rings. The number of rotatable bonds is 7. The van der Waals surface area contributed by atoms with E-state index in [1.165, 1.54) is 43.1 Å². The Bertz CT molecular complexity index is 1810. The largest absolute Gasteiger partial charge is 0.480 e. The van der Waals surface area contributed by atoms with E-state index >= 15 is 0 Å². The Morgan fingerprint density at radius 2 is 1.64 bits per heavy atom. The summed E-state index contributed by atoms with van der Waals surface area (Å²) in [6.45, 7) is 1.47. The van der Waals surface area contributed by atoms with Crippen molar-refractivity contribution in [3.05, 3.63) is 117 Å². The monoisotopic (exact) mass is 643 g/mol. The SMILES string of the molecule is CC1=CC(C(F)(F)F)=C(c2ccc(CC(NC(=O)c3cc4ccccc4n3-c3c(Cl)cccc3Cl)C(=O)O)cc2)C(O)N1C. The highest BCUT2D eigenvalue weighted by atomic mass is 35.5. The van der Waals surface area contributed by atoms with Crippen molar-refractivity contribution in [1.82, 2.24) is 14.8 Å². The first-order valence-electron chi connectivity index (χ1n) is 13.4. The van der Waals surface area contributed by atoms with E-state index in [1.807, 2.05) is 0 Å². The van der Waals surface area contributed by atoms with Crippen LogP contribution in [0.25, 0.3) is 22.2 Å². The number of nitrogens with zero attached hydrogens (tertiary/aromatic N) is 2. The zero-order valence-corrected chi connectivity index (χ0v) is 24.9. The van der Waals surface area contributed by atoms with Gasteiger partial charge in [-0.1, -0.05) is 71.7 Å². The quantitative estimate of drug-likeness (QED) is 0.205. The van der Waals surface area contributed by atoms with E-state index in [0.29, 0.717) is 22.2 Å². The number of fused-ring (bicyclic) bond motifs is 1. The second-order valence-electron chi connectivity index (χ2n) is 10.4. The molecule has 228 valence electrons. The summed E-state index contributed by atoms with van der Waals surface area (Å²) in [6, 6.07) is 18.0. The fourth-order valence-electron chi connectivity index (χ4n) is 5.21. The number of aliphatic carboxylic acids is 1. The van der Waals surface area contributed by atoms with Gasteiger partial charge in [0, 0.05) is 30.1 Å². The molecule has 0 radical (unpaired) electrons. The van der Waals surface area contributed by atoms with Gasteiger partial charge >= 0.3 is 12.1 Å². The number of likely N-dealkylation sites (N-methyl/N-ethyl adjacent to an activating group) is 1. The highest BCUT2D eigenvalue weighted by Crippen LogP contribution is 2.40. The molecule has 0 spiro atoms. The molecular weight excluding hydrogens is 618 g/mol. The summed E-state index contributed by atoms with van der Waals surface area (Å²) in [5.74, 6) is -2.01. The number of aromatic nitrogens is 1. The molecule has 2 unspecified atom stereocenters. The number of carboxylic acid groups (broad SMARTS) is 1. The minimum atomic E-state index is -4.70. The van der Waals surface area contributed by atoms with Gasteiger partial charge in [0.1, 0.15) is 11.7 Å². The Morgan fingerprint density at radius 1 is 1.00 bits per heavy atom. The number of amides is 1. The molecule has 3 N–H and O–H groups in total. The molecular formula is C32H26Cl2F3N3O4. The second-order valence-corrected chi connectivity index (χ2v) is 11.2. The summed E-state index contributed by atoms with van der Waals surface area (Å²) in [6.07, 6.45) is -5.43. The molecule has 1 aliphatic rings. The van der Waals surface area contributed by atoms with Crippen molar-refractivity contribution in [1.29, 1.82) is 0 Å². The minimum Gasteiger partial charge on any atom is -0.480 e. The summed E-state index contributed by atoms with van der Waals surface area (Å²) < 4.78 is 43.1. The first-order chi connectivity index (χ1) is 20.8. The molecule has 2 atom stereocenters. The highest BCUT2D eigenvalue weighted by Gasteiger charge is 2.40. The number of benzene rings is 3. The van der Waals surface area contributed by atoms with Crippen molar-refractivity contribution < 1.29 is 33.0 Å². The van der Waals surface area contributed by atoms with Crippen LogP contribution in [0.3, 0.4) is 0 Å². The molecule has 12 heteroatoms. The van der Waals surface area contributed by atoms with Crippen LogP contribution in [0.5, 0.6) is 0 Å². The van der Waals surface area contributed by atoms with Crippen LogP contribution >= 0.6 is 23.2 Å². The summed E-state index contributed by atoms with van der Waals surface area (Å²) >= 11 is 12.9. The number of halogens is 5. The molecule has 0 aliphatic carbocycles. The lowest BCUT2D eigenvalue weighted by Gasteiger charge is -2.34. The molecule has 2 heterocycles. The van der Waals surface area contributed by atoms with Crippen LogP contribution in [0, 0.1) is 0 Å². The topological polar surface area (TPSA) is 94.8 Å². The first-order valence-corrected chi connectivity index (χ1v) is 14.1. The molecule has 7 nitrogen and oxygen atoms in total. The van der Waals surface area contributed by atoms with E-state index in [0.717, 1.165) is 6.08 Å². The van der Waals surface area contributed by atoms with E-state index in [4.69, 9.17) is 23.2 Å². The van der Waals surface area contributed by atoms with Crippen LogP contribution in [-0.4, -0.2) is 57.1 Å². The van der Waals surface area contributed by atoms with Crippen LogP contribution in [0.15, 0.2) is 90.1 Å². The molecule has 1 amide bonds. The van der Waals surface area contributed by atoms with Gasteiger partial charge in [-0.3, -0.25) is 4.79 Å². The highest BCUT2D eigenvalue weighted by molar-refractivity contribution is 6.38. The fourth-order valence-corrected chi connectivity index (χ4v) is 5.77. The zero-order chi connectivity index (χ0) is 31.9. The summed E-state index contributed by atoms with van der Waals surface area (Å²) in [5, 5.41) is 24.5. The third-order valence-electron chi connectivity index (χ3n) is 7.54. The Balaban J connectivity index is 1.45. The standard InChI is InChI=1S/C32H26Cl2F3N3O4/c1-17-14-21(32(35,36)37)27(30(42)39(17)2)19-12-10-18(11-13-19)15-24(31(43)44)38-29(41)26-16-20-6-3-4-9-25(20)40(26)28-22(33)7-5-8-23(28)34/h3-14,16,24,30,42H,15H2,1-2H3,(H,38,41)(H,43,44). The van der Waals surface area contributed by atoms with E-state index < -0.39 is 35.9 Å². The third kappa shape index (κ3) is 5.93. The molecule has 0 fully saturated rings. The number of carbonyl (C=O) groups is 2. The van der Waals surface area contributed by atoms with Gasteiger partial charge < -0.3 is 25.0 Å². The van der Waals surface area contributed by atoms with E-state index in [-0.39, 0.29) is 39.0 Å². The summed E-state index contributed by atoms with van der Waals surface area (Å²) in [7, 11) is 1.48. The number of hydrogen-bond donors (Lipinski definition) is 3. The van der Waals surface area contributed by atoms with Gasteiger partial charge in [0.25, 0.3) is 5.91 Å². The lowest BCUT2D eigenvalue weighted by atomic mass is 9.92. The van der Waals surface area contributed by atoms with Crippen LogP contribution in [0.4, 0.5) is 13.2 Å². The molecule has 0 saturated heterocycles.